The molecule has 33 heavy (non-hydrogen) atoms. The third-order valence-corrected chi connectivity index (χ3v) is 7.06. The van der Waals surface area contributed by atoms with Gasteiger partial charge in [-0.25, -0.2) is 0 Å². The van der Waals surface area contributed by atoms with E-state index in [9.17, 15) is 14.4 Å². The van der Waals surface area contributed by atoms with Gasteiger partial charge in [0, 0.05) is 26.2 Å². The quantitative estimate of drug-likeness (QED) is 0.689. The molecule has 2 aromatic rings. The number of likely N-dealkylation sites (tertiary alicyclic amines) is 1. The number of piperidine rings is 1. The summed E-state index contributed by atoms with van der Waals surface area (Å²) >= 11 is 0. The Morgan fingerprint density at radius 3 is 2.24 bits per heavy atom. The Balaban J connectivity index is 1.07. The predicted octanol–water partition coefficient (Wildman–Crippen LogP) is 2.61. The summed E-state index contributed by atoms with van der Waals surface area (Å²) in [4.78, 5) is 40.8. The summed E-state index contributed by atoms with van der Waals surface area (Å²) < 4.78 is 6.41. The molecule has 0 aliphatic carbocycles. The molecule has 1 atom stereocenters. The van der Waals surface area contributed by atoms with E-state index in [-0.39, 0.29) is 24.2 Å². The van der Waals surface area contributed by atoms with Crippen LogP contribution in [0.2, 0.25) is 0 Å². The van der Waals surface area contributed by atoms with Gasteiger partial charge in [-0.2, -0.15) is 0 Å². The first kappa shape index (κ1) is 21.8. The maximum absolute atomic E-state index is 12.5. The van der Waals surface area contributed by atoms with Crippen LogP contribution in [0, 0.1) is 0 Å². The van der Waals surface area contributed by atoms with Crippen LogP contribution in [0.25, 0.3) is 0 Å². The van der Waals surface area contributed by atoms with Gasteiger partial charge in [-0.3, -0.25) is 24.2 Å². The first-order valence-electron chi connectivity index (χ1n) is 11.7. The lowest BCUT2D eigenvalue weighted by Crippen LogP contribution is -2.45. The number of nitrogens with zero attached hydrogens (tertiary/aromatic N) is 2. The normalized spacial score (nSPS) is 22.1. The van der Waals surface area contributed by atoms with Crippen molar-refractivity contribution in [3.63, 3.8) is 0 Å². The molecule has 7 heteroatoms. The van der Waals surface area contributed by atoms with E-state index < -0.39 is 11.8 Å². The van der Waals surface area contributed by atoms with Gasteiger partial charge in [-0.05, 0) is 43.4 Å². The van der Waals surface area contributed by atoms with Crippen molar-refractivity contribution in [2.75, 3.05) is 26.2 Å². The Bertz CT molecular complexity index is 1010. The van der Waals surface area contributed by atoms with Crippen molar-refractivity contribution in [3.05, 3.63) is 71.3 Å². The SMILES string of the molecule is O=C(CN1C(=O)c2ccccc2C1=O)NCC1CCC2(CCN(Cc3ccccc3)CC2)O1. The third kappa shape index (κ3) is 4.56. The van der Waals surface area contributed by atoms with Crippen LogP contribution in [0.3, 0.4) is 0 Å². The summed E-state index contributed by atoms with van der Waals surface area (Å²) in [6.45, 7) is 3.12. The van der Waals surface area contributed by atoms with Gasteiger partial charge in [-0.1, -0.05) is 42.5 Å². The van der Waals surface area contributed by atoms with E-state index in [1.54, 1.807) is 24.3 Å². The Morgan fingerprint density at radius 1 is 0.939 bits per heavy atom. The molecule has 2 aromatic carbocycles. The Hall–Kier alpha value is -3.03. The number of fused-ring (bicyclic) bond motifs is 1. The van der Waals surface area contributed by atoms with E-state index in [1.165, 1.54) is 5.56 Å². The van der Waals surface area contributed by atoms with Crippen LogP contribution in [0.5, 0.6) is 0 Å². The van der Waals surface area contributed by atoms with Gasteiger partial charge in [0.25, 0.3) is 11.8 Å². The zero-order valence-electron chi connectivity index (χ0n) is 18.7. The van der Waals surface area contributed by atoms with Crippen molar-refractivity contribution < 1.29 is 19.1 Å². The molecule has 5 rings (SSSR count). The molecule has 3 heterocycles. The fraction of sp³-hybridized carbons (Fsp3) is 0.423. The molecule has 1 N–H and O–H groups in total. The van der Waals surface area contributed by atoms with Crippen molar-refractivity contribution in [2.24, 2.45) is 0 Å². The lowest BCUT2D eigenvalue weighted by atomic mass is 9.88. The molecule has 3 amide bonds. The Kier molecular flexibility index (Phi) is 6.00. The smallest absolute Gasteiger partial charge is 0.262 e. The highest BCUT2D eigenvalue weighted by Crippen LogP contribution is 2.39. The maximum atomic E-state index is 12.5. The number of rotatable bonds is 6. The Morgan fingerprint density at radius 2 is 1.58 bits per heavy atom. The molecule has 3 aliphatic heterocycles. The molecule has 1 spiro atoms. The number of imide groups is 1. The molecule has 0 bridgehead atoms. The van der Waals surface area contributed by atoms with E-state index in [0.29, 0.717) is 17.7 Å². The summed E-state index contributed by atoms with van der Waals surface area (Å²) in [5, 5.41) is 2.86. The minimum Gasteiger partial charge on any atom is -0.370 e. The summed E-state index contributed by atoms with van der Waals surface area (Å²) in [5.74, 6) is -1.17. The van der Waals surface area contributed by atoms with Crippen molar-refractivity contribution in [1.29, 1.82) is 0 Å². The number of hydrogen-bond acceptors (Lipinski definition) is 5. The number of benzene rings is 2. The molecular weight excluding hydrogens is 418 g/mol. The minimum atomic E-state index is -0.413. The zero-order chi connectivity index (χ0) is 22.8. The highest BCUT2D eigenvalue weighted by atomic mass is 16.5. The maximum Gasteiger partial charge on any atom is 0.262 e. The highest BCUT2D eigenvalue weighted by molar-refractivity contribution is 6.22. The first-order valence-corrected chi connectivity index (χ1v) is 11.7. The van der Waals surface area contributed by atoms with Crippen molar-refractivity contribution in [3.8, 4) is 0 Å². The number of hydrogen-bond donors (Lipinski definition) is 1. The molecule has 0 aromatic heterocycles. The third-order valence-electron chi connectivity index (χ3n) is 7.06. The fourth-order valence-corrected chi connectivity index (χ4v) is 5.18. The second-order valence-corrected chi connectivity index (χ2v) is 9.27. The largest absolute Gasteiger partial charge is 0.370 e. The average molecular weight is 448 g/mol. The lowest BCUT2D eigenvalue weighted by molar-refractivity contribution is -0.123. The van der Waals surface area contributed by atoms with Gasteiger partial charge < -0.3 is 10.1 Å². The van der Waals surface area contributed by atoms with Gasteiger partial charge in [0.05, 0.1) is 22.8 Å². The zero-order valence-corrected chi connectivity index (χ0v) is 18.7. The number of carbonyl (C=O) groups is 3. The van der Waals surface area contributed by atoms with Gasteiger partial charge in [0.15, 0.2) is 0 Å². The molecule has 3 aliphatic rings. The van der Waals surface area contributed by atoms with E-state index in [4.69, 9.17) is 4.74 Å². The predicted molar refractivity (Wildman–Crippen MR) is 123 cm³/mol. The van der Waals surface area contributed by atoms with E-state index >= 15 is 0 Å². The van der Waals surface area contributed by atoms with E-state index in [0.717, 1.165) is 50.2 Å². The fourth-order valence-electron chi connectivity index (χ4n) is 5.18. The number of amides is 3. The second kappa shape index (κ2) is 9.08. The van der Waals surface area contributed by atoms with E-state index in [1.807, 2.05) is 6.07 Å². The van der Waals surface area contributed by atoms with Crippen LogP contribution in [-0.4, -0.2) is 65.4 Å². The molecule has 172 valence electrons. The minimum absolute atomic E-state index is 0.0307. The second-order valence-electron chi connectivity index (χ2n) is 9.27. The standard InChI is InChI=1S/C26H29N3O4/c30-23(18-29-24(31)21-8-4-5-9-22(21)25(29)32)27-16-20-10-11-26(33-20)12-14-28(15-13-26)17-19-6-2-1-3-7-19/h1-9,20H,10-18H2,(H,27,30). The van der Waals surface area contributed by atoms with Crippen molar-refractivity contribution >= 4 is 17.7 Å². The summed E-state index contributed by atoms with van der Waals surface area (Å²) in [6.07, 6.45) is 3.88. The molecular formula is C26H29N3O4. The van der Waals surface area contributed by atoms with E-state index in [2.05, 4.69) is 34.5 Å². The van der Waals surface area contributed by atoms with Crippen LogP contribution < -0.4 is 5.32 Å². The molecule has 2 fully saturated rings. The summed E-state index contributed by atoms with van der Waals surface area (Å²) in [7, 11) is 0. The molecule has 0 radical (unpaired) electrons. The number of ether oxygens (including phenoxy) is 1. The van der Waals surface area contributed by atoms with Gasteiger partial charge in [0.1, 0.15) is 6.54 Å². The first-order chi connectivity index (χ1) is 16.0. The topological polar surface area (TPSA) is 79.0 Å². The molecule has 7 nitrogen and oxygen atoms in total. The van der Waals surface area contributed by atoms with Crippen LogP contribution in [0.1, 0.15) is 52.0 Å². The van der Waals surface area contributed by atoms with Crippen LogP contribution in [0.15, 0.2) is 54.6 Å². The summed E-state index contributed by atoms with van der Waals surface area (Å²) in [5.41, 5.74) is 1.95. The average Bonchev–Trinajstić information content (AvgIpc) is 3.35. The van der Waals surface area contributed by atoms with Crippen LogP contribution >= 0.6 is 0 Å². The molecule has 2 saturated heterocycles. The highest BCUT2D eigenvalue weighted by Gasteiger charge is 2.42. The number of nitrogens with one attached hydrogen (secondary N) is 1. The Labute approximate surface area is 193 Å². The summed E-state index contributed by atoms with van der Waals surface area (Å²) in [6, 6.07) is 17.2. The molecule has 0 saturated carbocycles. The van der Waals surface area contributed by atoms with Crippen molar-refractivity contribution in [1.82, 2.24) is 15.1 Å². The van der Waals surface area contributed by atoms with Gasteiger partial charge >= 0.3 is 0 Å². The van der Waals surface area contributed by atoms with Gasteiger partial charge in [-0.15, -0.1) is 0 Å². The monoisotopic (exact) mass is 447 g/mol. The lowest BCUT2D eigenvalue weighted by Gasteiger charge is -2.39. The number of carbonyl (C=O) groups excluding carboxylic acids is 3. The van der Waals surface area contributed by atoms with Gasteiger partial charge in [0.2, 0.25) is 5.91 Å². The van der Waals surface area contributed by atoms with Crippen LogP contribution in [0.4, 0.5) is 0 Å². The van der Waals surface area contributed by atoms with Crippen LogP contribution in [-0.2, 0) is 16.1 Å². The van der Waals surface area contributed by atoms with Crippen molar-refractivity contribution in [2.45, 2.75) is 43.9 Å². The molecule has 1 unspecified atom stereocenters.